The van der Waals surface area contributed by atoms with Gasteiger partial charge in [-0.05, 0) is 34.6 Å². The normalized spacial score (nSPS) is 23.5. The van der Waals surface area contributed by atoms with Crippen LogP contribution in [-0.2, 0) is 9.53 Å². The molecular formula is C17H32N4O3. The Morgan fingerprint density at radius 3 is 2.25 bits per heavy atom. The number of nitrogens with one attached hydrogen (secondary N) is 1. The van der Waals surface area contributed by atoms with Crippen LogP contribution in [-0.4, -0.2) is 90.2 Å². The van der Waals surface area contributed by atoms with E-state index in [1.54, 1.807) is 4.90 Å². The predicted molar refractivity (Wildman–Crippen MR) is 92.9 cm³/mol. The molecule has 2 amide bonds. The minimum absolute atomic E-state index is 0.0349. The van der Waals surface area contributed by atoms with Gasteiger partial charge in [-0.2, -0.15) is 0 Å². The molecule has 0 aliphatic carbocycles. The van der Waals surface area contributed by atoms with E-state index in [2.05, 4.69) is 24.1 Å². The lowest BCUT2D eigenvalue weighted by Gasteiger charge is -2.44. The average Bonchev–Trinajstić information content (AvgIpc) is 2.52. The highest BCUT2D eigenvalue weighted by molar-refractivity contribution is 5.86. The van der Waals surface area contributed by atoms with Crippen LogP contribution in [0, 0.1) is 0 Å². The summed E-state index contributed by atoms with van der Waals surface area (Å²) in [6.45, 7) is 14.6. The van der Waals surface area contributed by atoms with Crippen molar-refractivity contribution in [3.63, 3.8) is 0 Å². The topological polar surface area (TPSA) is 65.1 Å². The van der Waals surface area contributed by atoms with E-state index in [4.69, 9.17) is 4.74 Å². The predicted octanol–water partition coefficient (Wildman–Crippen LogP) is 0.748. The Morgan fingerprint density at radius 1 is 1.08 bits per heavy atom. The Hall–Kier alpha value is -1.34. The largest absolute Gasteiger partial charge is 0.444 e. The van der Waals surface area contributed by atoms with E-state index in [0.717, 1.165) is 19.6 Å². The van der Waals surface area contributed by atoms with Gasteiger partial charge in [-0.15, -0.1) is 0 Å². The lowest BCUT2D eigenvalue weighted by atomic mass is 10.1. The fourth-order valence-electron chi connectivity index (χ4n) is 3.12. The zero-order chi connectivity index (χ0) is 17.9. The quantitative estimate of drug-likeness (QED) is 0.803. The van der Waals surface area contributed by atoms with Gasteiger partial charge in [0.05, 0.1) is 0 Å². The van der Waals surface area contributed by atoms with E-state index in [-0.39, 0.29) is 12.0 Å². The number of nitrogens with zero attached hydrogens (tertiary/aromatic N) is 3. The molecule has 0 radical (unpaired) electrons. The average molecular weight is 340 g/mol. The Bertz CT molecular complexity index is 455. The Labute approximate surface area is 145 Å². The second kappa shape index (κ2) is 7.70. The number of ether oxygens (including phenoxy) is 1. The van der Waals surface area contributed by atoms with Crippen LogP contribution in [0.5, 0.6) is 0 Å². The van der Waals surface area contributed by atoms with Crippen LogP contribution in [0.1, 0.15) is 34.6 Å². The van der Waals surface area contributed by atoms with Crippen molar-refractivity contribution < 1.29 is 14.3 Å². The first-order valence-corrected chi connectivity index (χ1v) is 8.92. The van der Waals surface area contributed by atoms with Gasteiger partial charge in [0.1, 0.15) is 11.6 Å². The van der Waals surface area contributed by atoms with Gasteiger partial charge in [-0.1, -0.05) is 0 Å². The SMILES string of the molecule is CC(C)N1CCN(C(=O)OC(C)(C)C)C(C(=O)N2CCNCC2)C1. The summed E-state index contributed by atoms with van der Waals surface area (Å²) in [5.41, 5.74) is -0.561. The van der Waals surface area contributed by atoms with Crippen LogP contribution in [0.3, 0.4) is 0 Å². The first kappa shape index (κ1) is 19.0. The van der Waals surface area contributed by atoms with E-state index in [1.807, 2.05) is 25.7 Å². The fraction of sp³-hybridized carbons (Fsp3) is 0.882. The molecule has 2 heterocycles. The van der Waals surface area contributed by atoms with E-state index >= 15 is 0 Å². The molecule has 2 fully saturated rings. The summed E-state index contributed by atoms with van der Waals surface area (Å²) in [4.78, 5) is 31.4. The minimum Gasteiger partial charge on any atom is -0.444 e. The minimum atomic E-state index is -0.561. The van der Waals surface area contributed by atoms with Crippen molar-refractivity contribution in [2.45, 2.75) is 52.3 Å². The molecule has 24 heavy (non-hydrogen) atoms. The first-order valence-electron chi connectivity index (χ1n) is 8.92. The molecule has 2 aliphatic heterocycles. The van der Waals surface area contributed by atoms with Gasteiger partial charge in [0, 0.05) is 51.9 Å². The maximum atomic E-state index is 13.0. The molecule has 2 aliphatic rings. The van der Waals surface area contributed by atoms with Gasteiger partial charge in [0.15, 0.2) is 0 Å². The van der Waals surface area contributed by atoms with E-state index in [0.29, 0.717) is 32.2 Å². The third-order valence-corrected chi connectivity index (χ3v) is 4.48. The third-order valence-electron chi connectivity index (χ3n) is 4.48. The van der Waals surface area contributed by atoms with Crippen LogP contribution in [0.15, 0.2) is 0 Å². The molecule has 0 spiro atoms. The highest BCUT2D eigenvalue weighted by atomic mass is 16.6. The van der Waals surface area contributed by atoms with Gasteiger partial charge in [-0.3, -0.25) is 14.6 Å². The van der Waals surface area contributed by atoms with Crippen molar-refractivity contribution in [3.8, 4) is 0 Å². The summed E-state index contributed by atoms with van der Waals surface area (Å²) < 4.78 is 5.53. The molecule has 2 saturated heterocycles. The number of hydrogen-bond donors (Lipinski definition) is 1. The maximum absolute atomic E-state index is 13.0. The van der Waals surface area contributed by atoms with Crippen molar-refractivity contribution in [1.29, 1.82) is 0 Å². The van der Waals surface area contributed by atoms with E-state index < -0.39 is 11.6 Å². The molecule has 2 rings (SSSR count). The van der Waals surface area contributed by atoms with E-state index in [9.17, 15) is 9.59 Å². The van der Waals surface area contributed by atoms with Gasteiger partial charge in [0.25, 0.3) is 0 Å². The summed E-state index contributed by atoms with van der Waals surface area (Å²) in [5, 5.41) is 3.26. The zero-order valence-corrected chi connectivity index (χ0v) is 15.7. The number of amides is 2. The zero-order valence-electron chi connectivity index (χ0n) is 15.7. The highest BCUT2D eigenvalue weighted by Crippen LogP contribution is 2.19. The molecule has 138 valence electrons. The fourth-order valence-corrected chi connectivity index (χ4v) is 3.12. The highest BCUT2D eigenvalue weighted by Gasteiger charge is 2.40. The van der Waals surface area contributed by atoms with Crippen LogP contribution >= 0.6 is 0 Å². The first-order chi connectivity index (χ1) is 11.2. The summed E-state index contributed by atoms with van der Waals surface area (Å²) in [6.07, 6.45) is -0.389. The lowest BCUT2D eigenvalue weighted by molar-refractivity contribution is -0.140. The monoisotopic (exact) mass is 340 g/mol. The molecule has 0 aromatic heterocycles. The third kappa shape index (κ3) is 4.83. The molecule has 1 unspecified atom stereocenters. The molecular weight excluding hydrogens is 308 g/mol. The number of piperazine rings is 2. The van der Waals surface area contributed by atoms with Crippen molar-refractivity contribution in [1.82, 2.24) is 20.0 Å². The Balaban J connectivity index is 2.14. The van der Waals surface area contributed by atoms with Crippen LogP contribution in [0.2, 0.25) is 0 Å². The molecule has 1 atom stereocenters. The smallest absolute Gasteiger partial charge is 0.411 e. The molecule has 0 aromatic carbocycles. The van der Waals surface area contributed by atoms with E-state index in [1.165, 1.54) is 0 Å². The summed E-state index contributed by atoms with van der Waals surface area (Å²) in [6, 6.07) is -0.113. The number of rotatable bonds is 2. The number of hydrogen-bond acceptors (Lipinski definition) is 5. The second-order valence-corrected chi connectivity index (χ2v) is 7.85. The summed E-state index contributed by atoms with van der Waals surface area (Å²) >= 11 is 0. The van der Waals surface area contributed by atoms with Crippen LogP contribution in [0.25, 0.3) is 0 Å². The summed E-state index contributed by atoms with van der Waals surface area (Å²) in [7, 11) is 0. The van der Waals surface area contributed by atoms with Gasteiger partial charge in [-0.25, -0.2) is 4.79 Å². The summed E-state index contributed by atoms with van der Waals surface area (Å²) in [5.74, 6) is 0.0349. The van der Waals surface area contributed by atoms with Gasteiger partial charge in [0.2, 0.25) is 5.91 Å². The van der Waals surface area contributed by atoms with Gasteiger partial charge < -0.3 is 15.0 Å². The van der Waals surface area contributed by atoms with Crippen molar-refractivity contribution in [2.24, 2.45) is 0 Å². The molecule has 1 N–H and O–H groups in total. The molecule has 0 saturated carbocycles. The standard InChI is InChI=1S/C17H32N4O3/c1-13(2)20-10-11-21(16(23)24-17(3,4)5)14(12-20)15(22)19-8-6-18-7-9-19/h13-14,18H,6-12H2,1-5H3. The van der Waals surface area contributed by atoms with Crippen molar-refractivity contribution >= 4 is 12.0 Å². The maximum Gasteiger partial charge on any atom is 0.411 e. The molecule has 0 bridgehead atoms. The van der Waals surface area contributed by atoms with Crippen LogP contribution in [0.4, 0.5) is 4.79 Å². The van der Waals surface area contributed by atoms with Crippen LogP contribution < -0.4 is 5.32 Å². The Kier molecular flexibility index (Phi) is 6.09. The second-order valence-electron chi connectivity index (χ2n) is 7.85. The molecule has 7 heteroatoms. The van der Waals surface area contributed by atoms with Gasteiger partial charge >= 0.3 is 6.09 Å². The number of carbonyl (C=O) groups is 2. The van der Waals surface area contributed by atoms with Crippen molar-refractivity contribution in [2.75, 3.05) is 45.8 Å². The number of carbonyl (C=O) groups excluding carboxylic acids is 2. The Morgan fingerprint density at radius 2 is 1.71 bits per heavy atom. The lowest BCUT2D eigenvalue weighted by Crippen LogP contribution is -2.63. The molecule has 0 aromatic rings. The van der Waals surface area contributed by atoms with Crippen molar-refractivity contribution in [3.05, 3.63) is 0 Å². The molecule has 7 nitrogen and oxygen atoms in total.